The predicted molar refractivity (Wildman–Crippen MR) is 226 cm³/mol. The number of hydrogen-bond acceptors (Lipinski definition) is 10. The Morgan fingerprint density at radius 2 is 1.62 bits per heavy atom. The standard InChI is InChI=1S/C45H61N7O9/c1-44(2,3)38(47-42(57)61-45(4,5)6)41(56)51-22-19-34(37(51)40(55)50-23-24-59-35(27-50)29-11-9-8-10-12-29)60-30-17-20-49(21-18-30)26-28-13-14-31-33(25-28)48(7)43(58)52(31)32-15-16-36(53)46-39(32)54/h8-14,25,30,32,34-35,37-38H,15-24,26-27H2,1-7H3,(H,47,57)(H,46,53,54)/t32?,34-,35+,37+,38-/m1/s1. The Morgan fingerprint density at radius 1 is 0.902 bits per heavy atom. The zero-order chi connectivity index (χ0) is 43.8. The Bertz CT molecular complexity index is 2180. The van der Waals surface area contributed by atoms with E-state index in [1.165, 1.54) is 4.57 Å². The zero-order valence-corrected chi connectivity index (χ0v) is 36.5. The molecule has 0 bridgehead atoms. The van der Waals surface area contributed by atoms with E-state index in [1.54, 1.807) is 42.2 Å². The van der Waals surface area contributed by atoms with Gasteiger partial charge < -0.3 is 29.3 Å². The van der Waals surface area contributed by atoms with E-state index in [1.807, 2.05) is 69.3 Å². The van der Waals surface area contributed by atoms with Crippen LogP contribution < -0.4 is 16.3 Å². The SMILES string of the molecule is Cn1c(=O)n(C2CCC(=O)NC2=O)c2ccc(CN3CCC(O[C@@H]4CCN(C(=O)[C@@H](NC(=O)OC(C)(C)C)C(C)(C)C)[C@@H]4C(=O)N4CCO[C@H](c5ccccc5)C4)CC3)cc21. The fraction of sp³-hybridized carbons (Fsp3) is 0.600. The van der Waals surface area contributed by atoms with E-state index in [2.05, 4.69) is 15.5 Å². The molecule has 0 radical (unpaired) electrons. The van der Waals surface area contributed by atoms with E-state index in [4.69, 9.17) is 14.2 Å². The number of imidazole rings is 1. The molecular formula is C45H61N7O9. The largest absolute Gasteiger partial charge is 0.444 e. The summed E-state index contributed by atoms with van der Waals surface area (Å²) in [5, 5.41) is 5.18. The first kappa shape index (κ1) is 44.0. The number of rotatable bonds is 9. The fourth-order valence-electron chi connectivity index (χ4n) is 9.04. The number of ether oxygens (including phenoxy) is 3. The highest BCUT2D eigenvalue weighted by Gasteiger charge is 2.49. The maximum Gasteiger partial charge on any atom is 0.408 e. The lowest BCUT2D eigenvalue weighted by molar-refractivity contribution is -0.156. The number of imide groups is 1. The number of hydrogen-bond donors (Lipinski definition) is 2. The Morgan fingerprint density at radius 3 is 2.30 bits per heavy atom. The Labute approximate surface area is 356 Å². The summed E-state index contributed by atoms with van der Waals surface area (Å²) in [6.07, 6.45) is 0.664. The minimum atomic E-state index is -0.959. The van der Waals surface area contributed by atoms with Gasteiger partial charge in [0.1, 0.15) is 29.8 Å². The molecule has 5 atom stereocenters. The molecule has 16 heteroatoms. The van der Waals surface area contributed by atoms with Gasteiger partial charge >= 0.3 is 11.8 Å². The summed E-state index contributed by atoms with van der Waals surface area (Å²) < 4.78 is 21.5. The van der Waals surface area contributed by atoms with Crippen molar-refractivity contribution in [2.24, 2.45) is 12.5 Å². The molecule has 2 N–H and O–H groups in total. The van der Waals surface area contributed by atoms with Crippen molar-refractivity contribution in [2.75, 3.05) is 39.3 Å². The summed E-state index contributed by atoms with van der Waals surface area (Å²) in [5.41, 5.74) is 1.60. The lowest BCUT2D eigenvalue weighted by Gasteiger charge is -2.40. The van der Waals surface area contributed by atoms with E-state index < -0.39 is 47.2 Å². The van der Waals surface area contributed by atoms with Crippen LogP contribution in [-0.2, 0) is 47.0 Å². The predicted octanol–water partition coefficient (Wildman–Crippen LogP) is 3.81. The van der Waals surface area contributed by atoms with Crippen LogP contribution in [0.2, 0.25) is 0 Å². The van der Waals surface area contributed by atoms with Crippen LogP contribution in [0, 0.1) is 5.41 Å². The maximum atomic E-state index is 14.8. The van der Waals surface area contributed by atoms with Gasteiger partial charge in [-0.05, 0) is 75.1 Å². The van der Waals surface area contributed by atoms with Gasteiger partial charge in [0.25, 0.3) is 0 Å². The third kappa shape index (κ3) is 9.86. The number of carbonyl (C=O) groups is 5. The van der Waals surface area contributed by atoms with Crippen molar-refractivity contribution in [2.45, 2.75) is 122 Å². The van der Waals surface area contributed by atoms with E-state index in [0.29, 0.717) is 50.2 Å². The number of carbonyl (C=O) groups excluding carboxylic acids is 5. The van der Waals surface area contributed by atoms with Crippen LogP contribution in [0.25, 0.3) is 11.0 Å². The lowest BCUT2D eigenvalue weighted by atomic mass is 9.85. The number of alkyl carbamates (subject to hydrolysis) is 1. The normalized spacial score (nSPS) is 23.9. The third-order valence-electron chi connectivity index (χ3n) is 12.2. The molecule has 4 aliphatic rings. The maximum absolute atomic E-state index is 14.8. The summed E-state index contributed by atoms with van der Waals surface area (Å²) >= 11 is 0. The smallest absolute Gasteiger partial charge is 0.408 e. The van der Waals surface area contributed by atoms with Crippen molar-refractivity contribution in [1.29, 1.82) is 0 Å². The monoisotopic (exact) mass is 843 g/mol. The molecule has 2 aromatic carbocycles. The molecule has 4 aliphatic heterocycles. The average molecular weight is 844 g/mol. The first-order chi connectivity index (χ1) is 28.9. The second kappa shape index (κ2) is 17.7. The Balaban J connectivity index is 1.05. The van der Waals surface area contributed by atoms with Crippen LogP contribution in [0.4, 0.5) is 4.79 Å². The Kier molecular flexibility index (Phi) is 12.8. The summed E-state index contributed by atoms with van der Waals surface area (Å²) in [6, 6.07) is 13.0. The van der Waals surface area contributed by atoms with Crippen molar-refractivity contribution in [3.8, 4) is 0 Å². The number of nitrogens with one attached hydrogen (secondary N) is 2. The second-order valence-electron chi connectivity index (χ2n) is 18.9. The van der Waals surface area contributed by atoms with Crippen molar-refractivity contribution >= 4 is 40.8 Å². The summed E-state index contributed by atoms with van der Waals surface area (Å²) in [6.45, 7) is 14.4. The molecule has 0 spiro atoms. The highest BCUT2D eigenvalue weighted by Crippen LogP contribution is 2.33. The van der Waals surface area contributed by atoms with Gasteiger partial charge in [-0.15, -0.1) is 0 Å². The number of nitrogens with zero attached hydrogens (tertiary/aromatic N) is 5. The second-order valence-corrected chi connectivity index (χ2v) is 18.9. The fourth-order valence-corrected chi connectivity index (χ4v) is 9.04. The number of morpholine rings is 1. The van der Waals surface area contributed by atoms with Gasteiger partial charge in [0.2, 0.25) is 23.6 Å². The van der Waals surface area contributed by atoms with Crippen LogP contribution in [0.15, 0.2) is 53.3 Å². The molecule has 1 aromatic heterocycles. The third-order valence-corrected chi connectivity index (χ3v) is 12.2. The first-order valence-corrected chi connectivity index (χ1v) is 21.5. The summed E-state index contributed by atoms with van der Waals surface area (Å²) in [4.78, 5) is 85.9. The number of piperidine rings is 2. The van der Waals surface area contributed by atoms with Crippen molar-refractivity contribution in [3.05, 3.63) is 70.1 Å². The number of aryl methyl sites for hydroxylation is 1. The topological polar surface area (TPSA) is 174 Å². The van der Waals surface area contributed by atoms with E-state index in [0.717, 1.165) is 37.1 Å². The molecule has 61 heavy (non-hydrogen) atoms. The van der Waals surface area contributed by atoms with E-state index >= 15 is 0 Å². The van der Waals surface area contributed by atoms with Gasteiger partial charge in [-0.2, -0.15) is 0 Å². The number of likely N-dealkylation sites (tertiary alicyclic amines) is 2. The van der Waals surface area contributed by atoms with Gasteiger partial charge in [0, 0.05) is 46.2 Å². The molecule has 0 saturated carbocycles. The summed E-state index contributed by atoms with van der Waals surface area (Å²) in [5.74, 6) is -1.34. The minimum absolute atomic E-state index is 0.141. The Hall–Kier alpha value is -5.06. The molecule has 4 saturated heterocycles. The molecular weight excluding hydrogens is 783 g/mol. The van der Waals surface area contributed by atoms with Crippen LogP contribution in [0.5, 0.6) is 0 Å². The molecule has 5 amide bonds. The molecule has 7 rings (SSSR count). The van der Waals surface area contributed by atoms with Gasteiger partial charge in [-0.25, -0.2) is 9.59 Å². The molecule has 0 aliphatic carbocycles. The zero-order valence-electron chi connectivity index (χ0n) is 36.5. The van der Waals surface area contributed by atoms with Crippen molar-refractivity contribution in [3.63, 3.8) is 0 Å². The molecule has 4 fully saturated rings. The van der Waals surface area contributed by atoms with Gasteiger partial charge in [0.15, 0.2) is 0 Å². The van der Waals surface area contributed by atoms with Crippen LogP contribution >= 0.6 is 0 Å². The van der Waals surface area contributed by atoms with Crippen LogP contribution in [-0.4, -0.2) is 123 Å². The first-order valence-electron chi connectivity index (χ1n) is 21.5. The molecule has 330 valence electrons. The quantitative estimate of drug-likeness (QED) is 0.302. The van der Waals surface area contributed by atoms with Crippen LogP contribution in [0.1, 0.15) is 96.9 Å². The minimum Gasteiger partial charge on any atom is -0.444 e. The highest BCUT2D eigenvalue weighted by molar-refractivity contribution is 6.00. The summed E-state index contributed by atoms with van der Waals surface area (Å²) in [7, 11) is 1.69. The van der Waals surface area contributed by atoms with Crippen molar-refractivity contribution in [1.82, 2.24) is 34.5 Å². The van der Waals surface area contributed by atoms with Gasteiger partial charge in [-0.3, -0.25) is 38.5 Å². The number of aromatic nitrogens is 2. The number of benzene rings is 2. The van der Waals surface area contributed by atoms with Crippen LogP contribution in [0.3, 0.4) is 0 Å². The van der Waals surface area contributed by atoms with Crippen molar-refractivity contribution < 1.29 is 38.2 Å². The molecule has 5 heterocycles. The van der Waals surface area contributed by atoms with Gasteiger partial charge in [-0.1, -0.05) is 57.2 Å². The highest BCUT2D eigenvalue weighted by atomic mass is 16.6. The van der Waals surface area contributed by atoms with Gasteiger partial charge in [0.05, 0.1) is 36.4 Å². The lowest BCUT2D eigenvalue weighted by Crippen LogP contribution is -2.61. The molecule has 16 nitrogen and oxygen atoms in total. The number of fused-ring (bicyclic) bond motifs is 1. The molecule has 3 aromatic rings. The number of amides is 5. The van der Waals surface area contributed by atoms with E-state index in [-0.39, 0.29) is 48.5 Å². The van der Waals surface area contributed by atoms with E-state index in [9.17, 15) is 28.8 Å². The molecule has 1 unspecified atom stereocenters. The average Bonchev–Trinajstić information content (AvgIpc) is 3.73.